The van der Waals surface area contributed by atoms with E-state index < -0.39 is 31.2 Å². The Morgan fingerprint density at radius 3 is 2.36 bits per heavy atom. The summed E-state index contributed by atoms with van der Waals surface area (Å²) < 4.78 is 21.6. The fraction of sp³-hybridized carbons (Fsp3) is 0.913. The number of hydrogen-bond donors (Lipinski definition) is 4. The first kappa shape index (κ1) is 32.3. The number of piperidine rings is 1. The number of halogens is 2. The van der Waals surface area contributed by atoms with Gasteiger partial charge in [0, 0.05) is 44.3 Å². The van der Waals surface area contributed by atoms with Crippen LogP contribution in [-0.2, 0) is 25.2 Å². The minimum Gasteiger partial charge on any atom is -0.394 e. The Kier molecular flexibility index (Phi) is 15.9. The molecule has 13 heteroatoms. The van der Waals surface area contributed by atoms with Gasteiger partial charge in [-0.15, -0.1) is 0 Å². The molecule has 2 rings (SSSR count). The van der Waals surface area contributed by atoms with Crippen LogP contribution in [0.4, 0.5) is 0 Å². The van der Waals surface area contributed by atoms with E-state index in [1.807, 2.05) is 50.9 Å². The van der Waals surface area contributed by atoms with Crippen LogP contribution in [0, 0.1) is 5.41 Å². The average Bonchev–Trinajstić information content (AvgIpc) is 2.86. The molecule has 2 amide bonds. The second-order valence-electron chi connectivity index (χ2n) is 9.60. The van der Waals surface area contributed by atoms with E-state index in [2.05, 4.69) is 5.32 Å². The molecular weight excluding hydrogens is 702 g/mol. The van der Waals surface area contributed by atoms with E-state index in [0.717, 1.165) is 45.2 Å². The molecule has 0 aromatic carbocycles. The normalized spacial score (nSPS) is 26.1. The summed E-state index contributed by atoms with van der Waals surface area (Å²) in [5.41, 5.74) is -0.0117. The molecule has 210 valence electrons. The monoisotopic (exact) mass is 742 g/mol. The number of likely N-dealkylation sites (tertiary alicyclic amines) is 1. The third-order valence-electron chi connectivity index (χ3n) is 6.86. The number of rotatable bonds is 16. The number of amides is 2. The van der Waals surface area contributed by atoms with Gasteiger partial charge in [-0.2, -0.15) is 0 Å². The molecule has 2 heterocycles. The maximum Gasteiger partial charge on any atom is 0.222 e. The van der Waals surface area contributed by atoms with E-state index in [-0.39, 0.29) is 30.3 Å². The van der Waals surface area contributed by atoms with Crippen LogP contribution in [0.1, 0.15) is 57.8 Å². The second kappa shape index (κ2) is 17.7. The Morgan fingerprint density at radius 1 is 1.03 bits per heavy atom. The van der Waals surface area contributed by atoms with Crippen molar-refractivity contribution < 1.29 is 40.5 Å². The average molecular weight is 742 g/mol. The summed E-state index contributed by atoms with van der Waals surface area (Å²) in [5.74, 6) is 0.124. The molecule has 0 unspecified atom stereocenters. The van der Waals surface area contributed by atoms with Crippen LogP contribution in [0.15, 0.2) is 0 Å². The maximum atomic E-state index is 12.5. The zero-order chi connectivity index (χ0) is 26.4. The number of nitrogens with zero attached hydrogens (tertiary/aromatic N) is 1. The van der Waals surface area contributed by atoms with E-state index in [4.69, 9.17) is 15.6 Å². The summed E-state index contributed by atoms with van der Waals surface area (Å²) in [4.78, 5) is 26.5. The number of carbonyl (C=O) groups excluding carboxylic acids is 2. The molecule has 11 nitrogen and oxygen atoms in total. The van der Waals surface area contributed by atoms with Crippen LogP contribution in [0.2, 0.25) is 0 Å². The number of ether oxygens (including phenoxy) is 2. The first-order valence-electron chi connectivity index (χ1n) is 12.6. The van der Waals surface area contributed by atoms with Gasteiger partial charge in [-0.05, 0) is 32.1 Å². The van der Waals surface area contributed by atoms with E-state index in [9.17, 15) is 24.9 Å². The number of unbranched alkanes of at least 4 members (excludes halogenated alkanes) is 2. The van der Waals surface area contributed by atoms with Gasteiger partial charge in [-0.25, -0.2) is 0 Å². The summed E-state index contributed by atoms with van der Waals surface area (Å²) in [6.45, 7) is 3.16. The molecule has 2 aliphatic heterocycles. The molecule has 0 bridgehead atoms. The SMILES string of the molecule is O=C(CCCO[C@H]1C[C@@H](O)[C@@H](O)[C@@H](CO)O1)NCCCCCC(=O)N1CCC(COI)(COI)CC1. The molecule has 4 N–H and O–H groups in total. The minimum absolute atomic E-state index is 0.0117. The summed E-state index contributed by atoms with van der Waals surface area (Å²) in [7, 11) is 0. The highest BCUT2D eigenvalue weighted by molar-refractivity contribution is 14.1. The molecule has 0 saturated carbocycles. The van der Waals surface area contributed by atoms with Gasteiger partial charge in [0.25, 0.3) is 0 Å². The molecule has 36 heavy (non-hydrogen) atoms. The molecule has 0 aromatic heterocycles. The standard InChI is InChI=1S/C23H40I2N2O9/c24-34-15-23(16-35-25)7-10-27(11-8-23)20(31)6-2-1-3-9-26-19(30)5-4-12-33-21-13-17(29)22(32)18(14-28)36-21/h17-18,21-22,28-29,32H,1-16H2,(H,26,30)/t17-,18-,21-,22-/m1/s1. The van der Waals surface area contributed by atoms with Crippen LogP contribution in [-0.4, -0.2) is 103 Å². The Morgan fingerprint density at radius 2 is 1.72 bits per heavy atom. The predicted octanol–water partition coefficient (Wildman–Crippen LogP) is 1.63. The lowest BCUT2D eigenvalue weighted by Gasteiger charge is -2.40. The predicted molar refractivity (Wildman–Crippen MR) is 147 cm³/mol. The van der Waals surface area contributed by atoms with Crippen molar-refractivity contribution >= 4 is 57.8 Å². The Balaban J connectivity index is 1.47. The second-order valence-corrected chi connectivity index (χ2v) is 10.8. The lowest BCUT2D eigenvalue weighted by Crippen LogP contribution is -2.50. The Labute approximate surface area is 241 Å². The first-order valence-corrected chi connectivity index (χ1v) is 14.4. The Bertz CT molecular complexity index is 645. The fourth-order valence-corrected chi connectivity index (χ4v) is 5.79. The van der Waals surface area contributed by atoms with Crippen molar-refractivity contribution in [1.82, 2.24) is 10.2 Å². The number of aliphatic hydroxyl groups excluding tert-OH is 3. The highest BCUT2D eigenvalue weighted by atomic mass is 127. The zero-order valence-corrected chi connectivity index (χ0v) is 24.9. The molecule has 4 atom stereocenters. The molecular formula is C23H40I2N2O9. The highest BCUT2D eigenvalue weighted by Gasteiger charge is 2.37. The molecule has 0 aliphatic carbocycles. The van der Waals surface area contributed by atoms with Gasteiger partial charge in [0.05, 0.1) is 32.5 Å². The summed E-state index contributed by atoms with van der Waals surface area (Å²) >= 11 is 3.83. The van der Waals surface area contributed by atoms with Crippen LogP contribution >= 0.6 is 46.0 Å². The number of aliphatic hydroxyl groups is 3. The van der Waals surface area contributed by atoms with Crippen molar-refractivity contribution in [3.63, 3.8) is 0 Å². The summed E-state index contributed by atoms with van der Waals surface area (Å²) in [6, 6.07) is 0. The van der Waals surface area contributed by atoms with Crippen LogP contribution in [0.25, 0.3) is 0 Å². The number of carbonyl (C=O) groups is 2. The molecule has 2 aliphatic rings. The van der Waals surface area contributed by atoms with Crippen molar-refractivity contribution in [3.05, 3.63) is 0 Å². The largest absolute Gasteiger partial charge is 0.394 e. The molecule has 0 radical (unpaired) electrons. The third-order valence-corrected chi connectivity index (χ3v) is 7.48. The smallest absolute Gasteiger partial charge is 0.222 e. The van der Waals surface area contributed by atoms with Gasteiger partial charge in [0.2, 0.25) is 11.8 Å². The molecule has 0 aromatic rings. The quantitative estimate of drug-likeness (QED) is 0.137. The highest BCUT2D eigenvalue weighted by Crippen LogP contribution is 2.34. The third kappa shape index (κ3) is 11.1. The Hall–Kier alpha value is 0.120. The molecule has 0 spiro atoms. The number of nitrogens with one attached hydrogen (secondary N) is 1. The molecule has 2 saturated heterocycles. The van der Waals surface area contributed by atoms with Crippen molar-refractivity contribution in [3.8, 4) is 0 Å². The van der Waals surface area contributed by atoms with Gasteiger partial charge in [0.15, 0.2) is 6.29 Å². The van der Waals surface area contributed by atoms with Gasteiger partial charge in [0.1, 0.15) is 58.2 Å². The minimum atomic E-state index is -1.13. The van der Waals surface area contributed by atoms with Crippen molar-refractivity contribution in [2.45, 2.75) is 82.4 Å². The van der Waals surface area contributed by atoms with Crippen LogP contribution in [0.3, 0.4) is 0 Å². The first-order chi connectivity index (χ1) is 17.3. The van der Waals surface area contributed by atoms with Gasteiger partial charge < -0.3 is 41.1 Å². The maximum absolute atomic E-state index is 12.5. The summed E-state index contributed by atoms with van der Waals surface area (Å²) in [6.07, 6.45) is 1.95. The van der Waals surface area contributed by atoms with Gasteiger partial charge in [-0.1, -0.05) is 6.42 Å². The van der Waals surface area contributed by atoms with E-state index in [0.29, 0.717) is 39.0 Å². The fourth-order valence-electron chi connectivity index (χ4n) is 4.47. The van der Waals surface area contributed by atoms with Crippen molar-refractivity contribution in [2.24, 2.45) is 5.41 Å². The van der Waals surface area contributed by atoms with Crippen molar-refractivity contribution in [1.29, 1.82) is 0 Å². The molecule has 2 fully saturated rings. The van der Waals surface area contributed by atoms with E-state index >= 15 is 0 Å². The van der Waals surface area contributed by atoms with Crippen LogP contribution in [0.5, 0.6) is 0 Å². The zero-order valence-electron chi connectivity index (χ0n) is 20.6. The lowest BCUT2D eigenvalue weighted by atomic mass is 9.80. The van der Waals surface area contributed by atoms with Gasteiger partial charge in [-0.3, -0.25) is 9.59 Å². The number of hydrogen-bond acceptors (Lipinski definition) is 9. The topological polar surface area (TPSA) is 147 Å². The van der Waals surface area contributed by atoms with Gasteiger partial charge >= 0.3 is 0 Å². The van der Waals surface area contributed by atoms with E-state index in [1.54, 1.807) is 0 Å². The van der Waals surface area contributed by atoms with Crippen LogP contribution < -0.4 is 5.32 Å². The van der Waals surface area contributed by atoms with Crippen molar-refractivity contribution in [2.75, 3.05) is 46.1 Å². The lowest BCUT2D eigenvalue weighted by molar-refractivity contribution is -0.256. The summed E-state index contributed by atoms with van der Waals surface area (Å²) in [5, 5.41) is 31.6. The van der Waals surface area contributed by atoms with E-state index in [1.165, 1.54) is 0 Å².